The van der Waals surface area contributed by atoms with Crippen molar-refractivity contribution in [2.24, 2.45) is 0 Å². The maximum absolute atomic E-state index is 10.9. The molecule has 0 aliphatic rings. The van der Waals surface area contributed by atoms with Crippen molar-refractivity contribution < 1.29 is 4.92 Å². The second kappa shape index (κ2) is 8.22. The van der Waals surface area contributed by atoms with Crippen LogP contribution >= 0.6 is 0 Å². The van der Waals surface area contributed by atoms with Crippen LogP contribution in [-0.2, 0) is 6.54 Å². The molecule has 6 heteroatoms. The molecule has 0 radical (unpaired) electrons. The van der Waals surface area contributed by atoms with Crippen molar-refractivity contribution in [2.45, 2.75) is 39.3 Å². The van der Waals surface area contributed by atoms with E-state index in [1.165, 1.54) is 6.07 Å². The van der Waals surface area contributed by atoms with Crippen LogP contribution in [0, 0.1) is 21.4 Å². The van der Waals surface area contributed by atoms with Gasteiger partial charge < -0.3 is 5.32 Å². The molecule has 6 nitrogen and oxygen atoms in total. The zero-order valence-electron chi connectivity index (χ0n) is 12.8. The van der Waals surface area contributed by atoms with Gasteiger partial charge in [-0.1, -0.05) is 6.92 Å². The molecule has 0 aliphatic carbocycles. The van der Waals surface area contributed by atoms with Crippen LogP contribution in [0.25, 0.3) is 0 Å². The summed E-state index contributed by atoms with van der Waals surface area (Å²) in [5.74, 6) is 0. The molecule has 0 bridgehead atoms. The number of non-ortho nitro benzene ring substituents is 1. The van der Waals surface area contributed by atoms with Gasteiger partial charge in [0.25, 0.3) is 5.69 Å². The first-order chi connectivity index (χ1) is 9.99. The van der Waals surface area contributed by atoms with Gasteiger partial charge in [-0.3, -0.25) is 15.0 Å². The highest BCUT2D eigenvalue weighted by Gasteiger charge is 2.15. The largest absolute Gasteiger partial charge is 0.385 e. The fourth-order valence-electron chi connectivity index (χ4n) is 1.97. The smallest absolute Gasteiger partial charge is 0.269 e. The fourth-order valence-corrected chi connectivity index (χ4v) is 1.97. The molecule has 1 aromatic carbocycles. The Bertz CT molecular complexity index is 525. The Morgan fingerprint density at radius 3 is 2.81 bits per heavy atom. The minimum Gasteiger partial charge on any atom is -0.385 e. The molecule has 0 aromatic heterocycles. The van der Waals surface area contributed by atoms with Gasteiger partial charge >= 0.3 is 0 Å². The van der Waals surface area contributed by atoms with Gasteiger partial charge in [-0.2, -0.15) is 5.26 Å². The van der Waals surface area contributed by atoms with Gasteiger partial charge in [0.1, 0.15) is 0 Å². The van der Waals surface area contributed by atoms with Crippen LogP contribution in [0.15, 0.2) is 18.2 Å². The van der Waals surface area contributed by atoms with Crippen molar-refractivity contribution in [3.8, 4) is 6.07 Å². The van der Waals surface area contributed by atoms with Gasteiger partial charge in [0.15, 0.2) is 0 Å². The van der Waals surface area contributed by atoms with Crippen molar-refractivity contribution in [1.82, 2.24) is 4.90 Å². The summed E-state index contributed by atoms with van der Waals surface area (Å²) in [6.07, 6.45) is 1.42. The lowest BCUT2D eigenvalue weighted by Gasteiger charge is -2.24. The minimum atomic E-state index is -0.383. The van der Waals surface area contributed by atoms with E-state index in [1.807, 2.05) is 18.9 Å². The third-order valence-electron chi connectivity index (χ3n) is 3.42. The lowest BCUT2D eigenvalue weighted by molar-refractivity contribution is -0.384. The summed E-state index contributed by atoms with van der Waals surface area (Å²) in [7, 11) is 1.92. The van der Waals surface area contributed by atoms with Gasteiger partial charge in [-0.15, -0.1) is 0 Å². The Balaban J connectivity index is 2.97. The summed E-state index contributed by atoms with van der Waals surface area (Å²) in [4.78, 5) is 12.6. The molecule has 0 amide bonds. The van der Waals surface area contributed by atoms with Gasteiger partial charge in [-0.25, -0.2) is 0 Å². The van der Waals surface area contributed by atoms with Crippen molar-refractivity contribution in [2.75, 3.05) is 18.9 Å². The normalized spacial score (nSPS) is 12.0. The number of nitrogens with one attached hydrogen (secondary N) is 1. The number of anilines is 1. The molecule has 0 fully saturated rings. The number of nitriles is 1. The summed E-state index contributed by atoms with van der Waals surface area (Å²) < 4.78 is 0. The molecule has 0 aliphatic heterocycles. The first-order valence-electron chi connectivity index (χ1n) is 7.08. The van der Waals surface area contributed by atoms with Gasteiger partial charge in [-0.05, 0) is 32.0 Å². The topological polar surface area (TPSA) is 82.2 Å². The first kappa shape index (κ1) is 16.9. The monoisotopic (exact) mass is 290 g/mol. The van der Waals surface area contributed by atoms with E-state index in [4.69, 9.17) is 5.26 Å². The number of hydrogen-bond donors (Lipinski definition) is 1. The van der Waals surface area contributed by atoms with Gasteiger partial charge in [0.05, 0.1) is 17.4 Å². The number of nitrogens with zero attached hydrogens (tertiary/aromatic N) is 3. The highest BCUT2D eigenvalue weighted by molar-refractivity contribution is 5.56. The van der Waals surface area contributed by atoms with Crippen LogP contribution in [0.2, 0.25) is 0 Å². The first-order valence-corrected chi connectivity index (χ1v) is 7.08. The van der Waals surface area contributed by atoms with Crippen LogP contribution in [0.4, 0.5) is 11.4 Å². The quantitative estimate of drug-likeness (QED) is 0.587. The molecule has 0 saturated heterocycles. The van der Waals surface area contributed by atoms with E-state index in [-0.39, 0.29) is 16.7 Å². The van der Waals surface area contributed by atoms with Crippen molar-refractivity contribution in [1.29, 1.82) is 5.26 Å². The molecule has 1 rings (SSSR count). The van der Waals surface area contributed by atoms with Crippen LogP contribution in [0.1, 0.15) is 32.3 Å². The molecular formula is C15H22N4O2. The standard InChI is InChI=1S/C15H22N4O2/c1-4-9-17-15-6-5-14(19(20)21)10-13(15)11-18(3)12(2)7-8-16/h5-6,10,12,17H,4,7,9,11H2,1-3H3. The zero-order chi connectivity index (χ0) is 15.8. The molecule has 0 heterocycles. The third-order valence-corrected chi connectivity index (χ3v) is 3.42. The Hall–Kier alpha value is -2.13. The maximum Gasteiger partial charge on any atom is 0.269 e. The second-order valence-corrected chi connectivity index (χ2v) is 5.15. The Kier molecular flexibility index (Phi) is 6.63. The lowest BCUT2D eigenvalue weighted by Crippen LogP contribution is -2.28. The average molecular weight is 290 g/mol. The maximum atomic E-state index is 10.9. The SMILES string of the molecule is CCCNc1ccc([N+](=O)[O-])cc1CN(C)C(C)CC#N. The van der Waals surface area contributed by atoms with E-state index >= 15 is 0 Å². The Morgan fingerprint density at radius 1 is 1.52 bits per heavy atom. The molecule has 0 spiro atoms. The van der Waals surface area contributed by atoms with Crippen LogP contribution < -0.4 is 5.32 Å². The molecule has 114 valence electrons. The summed E-state index contributed by atoms with van der Waals surface area (Å²) in [6.45, 7) is 5.43. The average Bonchev–Trinajstić information content (AvgIpc) is 2.45. The third kappa shape index (κ3) is 5.04. The predicted octanol–water partition coefficient (Wildman–Crippen LogP) is 3.15. The van der Waals surface area contributed by atoms with E-state index < -0.39 is 0 Å². The summed E-state index contributed by atoms with van der Waals surface area (Å²) in [5.41, 5.74) is 1.89. The number of benzene rings is 1. The molecule has 1 unspecified atom stereocenters. The molecule has 1 atom stereocenters. The van der Waals surface area contributed by atoms with E-state index in [1.54, 1.807) is 12.1 Å². The van der Waals surface area contributed by atoms with Crippen LogP contribution in [0.3, 0.4) is 0 Å². The molecule has 21 heavy (non-hydrogen) atoms. The van der Waals surface area contributed by atoms with Gasteiger partial charge in [0.2, 0.25) is 0 Å². The molecule has 1 N–H and O–H groups in total. The number of nitro benzene ring substituents is 1. The summed E-state index contributed by atoms with van der Waals surface area (Å²) in [6, 6.07) is 7.13. The highest BCUT2D eigenvalue weighted by atomic mass is 16.6. The predicted molar refractivity (Wildman–Crippen MR) is 83.0 cm³/mol. The lowest BCUT2D eigenvalue weighted by atomic mass is 10.1. The second-order valence-electron chi connectivity index (χ2n) is 5.15. The minimum absolute atomic E-state index is 0.0911. The fraction of sp³-hybridized carbons (Fsp3) is 0.533. The van der Waals surface area contributed by atoms with Crippen LogP contribution in [0.5, 0.6) is 0 Å². The van der Waals surface area contributed by atoms with Crippen LogP contribution in [-0.4, -0.2) is 29.5 Å². The van der Waals surface area contributed by atoms with E-state index in [9.17, 15) is 10.1 Å². The molecular weight excluding hydrogens is 268 g/mol. The van der Waals surface area contributed by atoms with E-state index in [0.717, 1.165) is 24.2 Å². The Morgan fingerprint density at radius 2 is 2.24 bits per heavy atom. The Labute approximate surface area is 125 Å². The molecule has 0 saturated carbocycles. The van der Waals surface area contributed by atoms with Crippen molar-refractivity contribution in [3.63, 3.8) is 0 Å². The number of rotatable bonds is 8. The van der Waals surface area contributed by atoms with E-state index in [0.29, 0.717) is 13.0 Å². The summed E-state index contributed by atoms with van der Waals surface area (Å²) >= 11 is 0. The highest BCUT2D eigenvalue weighted by Crippen LogP contribution is 2.24. The van der Waals surface area contributed by atoms with Crippen molar-refractivity contribution in [3.05, 3.63) is 33.9 Å². The molecule has 1 aromatic rings. The number of nitro groups is 1. The summed E-state index contributed by atoms with van der Waals surface area (Å²) in [5, 5.41) is 23.0. The van der Waals surface area contributed by atoms with E-state index in [2.05, 4.69) is 18.3 Å². The van der Waals surface area contributed by atoms with Gasteiger partial charge in [0, 0.05) is 37.0 Å². The van der Waals surface area contributed by atoms with Crippen molar-refractivity contribution >= 4 is 11.4 Å². The zero-order valence-corrected chi connectivity index (χ0v) is 12.8. The number of hydrogen-bond acceptors (Lipinski definition) is 5.